The summed E-state index contributed by atoms with van der Waals surface area (Å²) in [6.07, 6.45) is -0.973. The summed E-state index contributed by atoms with van der Waals surface area (Å²) >= 11 is 0. The molecule has 3 aromatic rings. The Labute approximate surface area is 172 Å². The molecule has 29 heavy (non-hydrogen) atoms. The zero-order chi connectivity index (χ0) is 20.7. The van der Waals surface area contributed by atoms with Crippen LogP contribution in [0.25, 0.3) is 0 Å². The number of hydrogen-bond acceptors (Lipinski definition) is 4. The normalized spacial score (nSPS) is 12.7. The average molecular weight is 412 g/mol. The van der Waals surface area contributed by atoms with E-state index < -0.39 is 16.1 Å². The van der Waals surface area contributed by atoms with E-state index in [1.54, 1.807) is 43.5 Å². The van der Waals surface area contributed by atoms with Crippen LogP contribution in [0.1, 0.15) is 22.8 Å². The van der Waals surface area contributed by atoms with Crippen molar-refractivity contribution in [2.75, 3.05) is 13.7 Å². The maximum absolute atomic E-state index is 13.2. The molecule has 5 nitrogen and oxygen atoms in total. The fraction of sp³-hybridized carbons (Fsp3) is 0.217. The third-order valence-corrected chi connectivity index (χ3v) is 6.41. The molecule has 0 aliphatic heterocycles. The van der Waals surface area contributed by atoms with Crippen LogP contribution >= 0.6 is 0 Å². The fourth-order valence-electron chi connectivity index (χ4n) is 3.09. The first-order valence-corrected chi connectivity index (χ1v) is 11.0. The molecule has 0 aliphatic carbocycles. The van der Waals surface area contributed by atoms with Gasteiger partial charge in [0.25, 0.3) is 0 Å². The molecule has 1 atom stereocenters. The van der Waals surface area contributed by atoms with Crippen LogP contribution in [-0.4, -0.2) is 31.5 Å². The summed E-state index contributed by atoms with van der Waals surface area (Å²) in [6, 6.07) is 25.5. The molecule has 0 radical (unpaired) electrons. The van der Waals surface area contributed by atoms with Crippen LogP contribution in [0.15, 0.2) is 84.9 Å². The number of aliphatic hydroxyl groups excluding tert-OH is 1. The molecule has 3 aromatic carbocycles. The monoisotopic (exact) mass is 411 g/mol. The van der Waals surface area contributed by atoms with Crippen LogP contribution < -0.4 is 4.74 Å². The first-order valence-electron chi connectivity index (χ1n) is 9.35. The third-order valence-electron chi connectivity index (χ3n) is 4.64. The van der Waals surface area contributed by atoms with Crippen molar-refractivity contribution < 1.29 is 18.3 Å². The lowest BCUT2D eigenvalue weighted by Gasteiger charge is -2.25. The predicted octanol–water partition coefficient (Wildman–Crippen LogP) is 3.76. The van der Waals surface area contributed by atoms with Crippen molar-refractivity contribution >= 4 is 10.0 Å². The summed E-state index contributed by atoms with van der Waals surface area (Å²) in [5, 5.41) is 10.8. The van der Waals surface area contributed by atoms with E-state index in [-0.39, 0.29) is 18.8 Å². The van der Waals surface area contributed by atoms with Gasteiger partial charge in [0.05, 0.1) is 19.0 Å². The smallest absolute Gasteiger partial charge is 0.218 e. The SMILES string of the molecule is COc1cccc([C@@H](O)CN(Cc2ccccc2)S(=O)(=O)Cc2ccccc2)c1. The zero-order valence-electron chi connectivity index (χ0n) is 16.3. The lowest BCUT2D eigenvalue weighted by molar-refractivity contribution is 0.145. The van der Waals surface area contributed by atoms with Crippen LogP contribution in [0.5, 0.6) is 5.75 Å². The minimum absolute atomic E-state index is 0.0444. The molecule has 0 aromatic heterocycles. The number of hydrogen-bond donors (Lipinski definition) is 1. The van der Waals surface area contributed by atoms with Gasteiger partial charge in [-0.15, -0.1) is 0 Å². The topological polar surface area (TPSA) is 66.8 Å². The minimum atomic E-state index is -3.65. The number of ether oxygens (including phenoxy) is 1. The molecule has 0 unspecified atom stereocenters. The van der Waals surface area contributed by atoms with Crippen molar-refractivity contribution in [2.24, 2.45) is 0 Å². The first-order chi connectivity index (χ1) is 14.0. The molecule has 0 heterocycles. The van der Waals surface area contributed by atoms with E-state index in [1.165, 1.54) is 4.31 Å². The standard InChI is InChI=1S/C23H25NO4S/c1-28-22-14-8-13-21(15-22)23(25)17-24(16-19-9-4-2-5-10-19)29(26,27)18-20-11-6-3-7-12-20/h2-15,23,25H,16-18H2,1H3/t23-/m0/s1. The quantitative estimate of drug-likeness (QED) is 0.582. The van der Waals surface area contributed by atoms with Crippen molar-refractivity contribution in [3.05, 3.63) is 102 Å². The largest absolute Gasteiger partial charge is 0.497 e. The number of benzene rings is 3. The van der Waals surface area contributed by atoms with Gasteiger partial charge in [-0.05, 0) is 28.8 Å². The Morgan fingerprint density at radius 2 is 1.52 bits per heavy atom. The highest BCUT2D eigenvalue weighted by Gasteiger charge is 2.26. The number of sulfonamides is 1. The van der Waals surface area contributed by atoms with Gasteiger partial charge in [-0.25, -0.2) is 8.42 Å². The highest BCUT2D eigenvalue weighted by atomic mass is 32.2. The van der Waals surface area contributed by atoms with E-state index in [9.17, 15) is 13.5 Å². The summed E-state index contributed by atoms with van der Waals surface area (Å²) in [6.45, 7) is 0.147. The number of aliphatic hydroxyl groups is 1. The van der Waals surface area contributed by atoms with Crippen LogP contribution in [0.2, 0.25) is 0 Å². The van der Waals surface area contributed by atoms with Gasteiger partial charge in [0.2, 0.25) is 10.0 Å². The van der Waals surface area contributed by atoms with Crippen LogP contribution in [0, 0.1) is 0 Å². The van der Waals surface area contributed by atoms with Gasteiger partial charge < -0.3 is 9.84 Å². The predicted molar refractivity (Wildman–Crippen MR) is 114 cm³/mol. The van der Waals surface area contributed by atoms with Crippen molar-refractivity contribution in [1.82, 2.24) is 4.31 Å². The molecule has 1 N–H and O–H groups in total. The summed E-state index contributed by atoms with van der Waals surface area (Å²) in [5.74, 6) is 0.495. The molecular weight excluding hydrogens is 386 g/mol. The molecule has 6 heteroatoms. The maximum Gasteiger partial charge on any atom is 0.218 e. The molecule has 0 saturated heterocycles. The molecule has 0 fully saturated rings. The molecule has 0 aliphatic rings. The third kappa shape index (κ3) is 5.90. The maximum atomic E-state index is 13.2. The molecule has 152 valence electrons. The van der Waals surface area contributed by atoms with Gasteiger partial charge in [0.15, 0.2) is 0 Å². The summed E-state index contributed by atoms with van der Waals surface area (Å²) in [7, 11) is -2.10. The van der Waals surface area contributed by atoms with E-state index >= 15 is 0 Å². The molecular formula is C23H25NO4S. The van der Waals surface area contributed by atoms with Crippen LogP contribution in [-0.2, 0) is 22.3 Å². The lowest BCUT2D eigenvalue weighted by Crippen LogP contribution is -2.35. The molecule has 0 bridgehead atoms. The van der Waals surface area contributed by atoms with E-state index in [0.717, 1.165) is 5.56 Å². The van der Waals surface area contributed by atoms with Gasteiger partial charge in [-0.1, -0.05) is 72.8 Å². The zero-order valence-corrected chi connectivity index (χ0v) is 17.1. The Morgan fingerprint density at radius 3 is 2.14 bits per heavy atom. The second-order valence-corrected chi connectivity index (χ2v) is 8.78. The molecule has 0 saturated carbocycles. The Hall–Kier alpha value is -2.67. The van der Waals surface area contributed by atoms with Gasteiger partial charge in [-0.3, -0.25) is 0 Å². The van der Waals surface area contributed by atoms with Crippen molar-refractivity contribution in [3.8, 4) is 5.75 Å². The fourth-order valence-corrected chi connectivity index (χ4v) is 4.60. The second kappa shape index (κ2) is 9.69. The van der Waals surface area contributed by atoms with E-state index in [1.807, 2.05) is 48.5 Å². The lowest BCUT2D eigenvalue weighted by atomic mass is 10.1. The molecule has 3 rings (SSSR count). The Balaban J connectivity index is 1.85. The van der Waals surface area contributed by atoms with Crippen molar-refractivity contribution in [1.29, 1.82) is 0 Å². The van der Waals surface area contributed by atoms with Gasteiger partial charge in [0, 0.05) is 13.1 Å². The Morgan fingerprint density at radius 1 is 0.897 bits per heavy atom. The number of methoxy groups -OCH3 is 1. The first kappa shape index (κ1) is 21.0. The summed E-state index contributed by atoms with van der Waals surface area (Å²) in [4.78, 5) is 0. The van der Waals surface area contributed by atoms with Crippen LogP contribution in [0.4, 0.5) is 0 Å². The highest BCUT2D eigenvalue weighted by Crippen LogP contribution is 2.23. The highest BCUT2D eigenvalue weighted by molar-refractivity contribution is 7.88. The van der Waals surface area contributed by atoms with Crippen LogP contribution in [0.3, 0.4) is 0 Å². The average Bonchev–Trinajstić information content (AvgIpc) is 2.74. The van der Waals surface area contributed by atoms with E-state index in [0.29, 0.717) is 16.9 Å². The Kier molecular flexibility index (Phi) is 7.04. The van der Waals surface area contributed by atoms with Crippen molar-refractivity contribution in [3.63, 3.8) is 0 Å². The minimum Gasteiger partial charge on any atom is -0.497 e. The number of nitrogens with zero attached hydrogens (tertiary/aromatic N) is 1. The van der Waals surface area contributed by atoms with Gasteiger partial charge in [-0.2, -0.15) is 4.31 Å². The van der Waals surface area contributed by atoms with E-state index in [2.05, 4.69) is 0 Å². The number of rotatable bonds is 9. The van der Waals surface area contributed by atoms with Gasteiger partial charge in [0.1, 0.15) is 5.75 Å². The second-order valence-electron chi connectivity index (χ2n) is 6.81. The van der Waals surface area contributed by atoms with E-state index in [4.69, 9.17) is 4.74 Å². The molecule has 0 spiro atoms. The summed E-state index contributed by atoms with van der Waals surface area (Å²) < 4.78 is 32.9. The molecule has 0 amide bonds. The van der Waals surface area contributed by atoms with Crippen molar-refractivity contribution in [2.45, 2.75) is 18.4 Å². The van der Waals surface area contributed by atoms with Gasteiger partial charge >= 0.3 is 0 Å². The summed E-state index contributed by atoms with van der Waals surface area (Å²) in [5.41, 5.74) is 2.18. The Bertz CT molecular complexity index is 1010.